The molecule has 0 bridgehead atoms. The summed E-state index contributed by atoms with van der Waals surface area (Å²) in [4.78, 5) is 0. The molecule has 15 heavy (non-hydrogen) atoms. The Labute approximate surface area is 95.0 Å². The Morgan fingerprint density at radius 1 is 1.27 bits per heavy atom. The van der Waals surface area contributed by atoms with E-state index in [-0.39, 0.29) is 0 Å². The van der Waals surface area contributed by atoms with Crippen molar-refractivity contribution in [3.63, 3.8) is 0 Å². The van der Waals surface area contributed by atoms with Crippen LogP contribution in [0.3, 0.4) is 0 Å². The first kappa shape index (κ1) is 13.0. The van der Waals surface area contributed by atoms with Gasteiger partial charge >= 0.3 is 0 Å². The topological polar surface area (TPSA) is 38.0 Å². The lowest BCUT2D eigenvalue weighted by Gasteiger charge is -2.26. The Morgan fingerprint density at radius 2 is 2.00 bits per heavy atom. The molecule has 2 heteroatoms. The van der Waals surface area contributed by atoms with Crippen LogP contribution in [-0.2, 0) is 0 Å². The van der Waals surface area contributed by atoms with Crippen molar-refractivity contribution in [3.8, 4) is 0 Å². The highest BCUT2D eigenvalue weighted by atomic mass is 15.2. The minimum Gasteiger partial charge on any atom is -0.271 e. The summed E-state index contributed by atoms with van der Waals surface area (Å²) in [6.45, 7) is 6.97. The van der Waals surface area contributed by atoms with E-state index >= 15 is 0 Å². The molecule has 0 aromatic heterocycles. The lowest BCUT2D eigenvalue weighted by Crippen LogP contribution is -2.41. The van der Waals surface area contributed by atoms with Gasteiger partial charge in [-0.15, -0.1) is 0 Å². The van der Waals surface area contributed by atoms with Gasteiger partial charge in [0.05, 0.1) is 0 Å². The lowest BCUT2D eigenvalue weighted by molar-refractivity contribution is 0.277. The fourth-order valence-corrected chi connectivity index (χ4v) is 2.94. The summed E-state index contributed by atoms with van der Waals surface area (Å²) in [6.07, 6.45) is 8.07. The van der Waals surface area contributed by atoms with Gasteiger partial charge in [0, 0.05) is 6.04 Å². The Kier molecular flexibility index (Phi) is 5.62. The Bertz CT molecular complexity index is 168. The maximum absolute atomic E-state index is 5.68. The van der Waals surface area contributed by atoms with Gasteiger partial charge in [0.25, 0.3) is 0 Å². The van der Waals surface area contributed by atoms with Crippen molar-refractivity contribution >= 4 is 0 Å². The van der Waals surface area contributed by atoms with E-state index in [4.69, 9.17) is 5.84 Å². The van der Waals surface area contributed by atoms with E-state index in [1.807, 2.05) is 0 Å². The minimum atomic E-state index is 0.557. The highest BCUT2D eigenvalue weighted by molar-refractivity contribution is 4.83. The maximum atomic E-state index is 5.68. The average Bonchev–Trinajstić information content (AvgIpc) is 2.59. The van der Waals surface area contributed by atoms with E-state index in [1.54, 1.807) is 0 Å². The molecular weight excluding hydrogens is 184 g/mol. The highest BCUT2D eigenvalue weighted by Gasteiger charge is 2.29. The molecule has 0 aromatic carbocycles. The average molecular weight is 212 g/mol. The molecule has 1 aliphatic rings. The number of hydrogen-bond donors (Lipinski definition) is 2. The van der Waals surface area contributed by atoms with Gasteiger partial charge in [0.1, 0.15) is 0 Å². The summed E-state index contributed by atoms with van der Waals surface area (Å²) in [7, 11) is 0. The van der Waals surface area contributed by atoms with E-state index in [0.29, 0.717) is 6.04 Å². The minimum absolute atomic E-state index is 0.557. The first-order chi connectivity index (χ1) is 7.15. The van der Waals surface area contributed by atoms with Crippen LogP contribution in [0, 0.1) is 17.8 Å². The van der Waals surface area contributed by atoms with E-state index in [1.165, 1.54) is 38.5 Å². The molecule has 1 aliphatic carbocycles. The molecule has 0 heterocycles. The van der Waals surface area contributed by atoms with Crippen LogP contribution in [0.2, 0.25) is 0 Å². The molecule has 2 nitrogen and oxygen atoms in total. The zero-order valence-corrected chi connectivity index (χ0v) is 10.6. The Balaban J connectivity index is 2.28. The first-order valence-corrected chi connectivity index (χ1v) is 6.61. The third-order valence-corrected chi connectivity index (χ3v) is 3.96. The molecule has 3 N–H and O–H groups in total. The van der Waals surface area contributed by atoms with Gasteiger partial charge in [-0.1, -0.05) is 46.5 Å². The van der Waals surface area contributed by atoms with E-state index in [0.717, 1.165) is 17.8 Å². The quantitative estimate of drug-likeness (QED) is 0.524. The van der Waals surface area contributed by atoms with E-state index in [2.05, 4.69) is 26.2 Å². The van der Waals surface area contributed by atoms with Crippen LogP contribution >= 0.6 is 0 Å². The second-order valence-corrected chi connectivity index (χ2v) is 5.67. The fraction of sp³-hybridized carbons (Fsp3) is 1.00. The molecule has 0 spiro atoms. The Morgan fingerprint density at radius 3 is 2.47 bits per heavy atom. The number of hydrogen-bond acceptors (Lipinski definition) is 2. The molecule has 0 saturated heterocycles. The van der Waals surface area contributed by atoms with Gasteiger partial charge in [-0.2, -0.15) is 0 Å². The van der Waals surface area contributed by atoms with E-state index in [9.17, 15) is 0 Å². The number of nitrogens with one attached hydrogen (secondary N) is 1. The van der Waals surface area contributed by atoms with Crippen molar-refractivity contribution in [1.82, 2.24) is 5.43 Å². The largest absolute Gasteiger partial charge is 0.271 e. The van der Waals surface area contributed by atoms with Gasteiger partial charge in [-0.3, -0.25) is 11.3 Å². The van der Waals surface area contributed by atoms with Crippen LogP contribution in [0.25, 0.3) is 0 Å². The van der Waals surface area contributed by atoms with Gasteiger partial charge < -0.3 is 0 Å². The summed E-state index contributed by atoms with van der Waals surface area (Å²) in [5.74, 6) is 8.19. The van der Waals surface area contributed by atoms with Crippen molar-refractivity contribution in [2.24, 2.45) is 23.6 Å². The Hall–Kier alpha value is -0.0800. The molecule has 0 aromatic rings. The predicted molar refractivity (Wildman–Crippen MR) is 66.3 cm³/mol. The molecule has 90 valence electrons. The van der Waals surface area contributed by atoms with Crippen LogP contribution < -0.4 is 11.3 Å². The van der Waals surface area contributed by atoms with Gasteiger partial charge in [0.2, 0.25) is 0 Å². The van der Waals surface area contributed by atoms with Gasteiger partial charge in [-0.05, 0) is 30.6 Å². The zero-order valence-electron chi connectivity index (χ0n) is 10.6. The SMILES string of the molecule is CC(C)CCCC(NN)C1CCCC1C. The molecule has 0 aliphatic heterocycles. The molecule has 3 atom stereocenters. The molecule has 0 amide bonds. The summed E-state index contributed by atoms with van der Waals surface area (Å²) < 4.78 is 0. The molecule has 1 fully saturated rings. The summed E-state index contributed by atoms with van der Waals surface area (Å²) in [5.41, 5.74) is 3.05. The molecule has 1 saturated carbocycles. The van der Waals surface area contributed by atoms with Crippen molar-refractivity contribution < 1.29 is 0 Å². The third-order valence-electron chi connectivity index (χ3n) is 3.96. The highest BCUT2D eigenvalue weighted by Crippen LogP contribution is 2.35. The van der Waals surface area contributed by atoms with Crippen LogP contribution in [0.15, 0.2) is 0 Å². The third kappa shape index (κ3) is 4.12. The second kappa shape index (κ2) is 6.49. The second-order valence-electron chi connectivity index (χ2n) is 5.67. The van der Waals surface area contributed by atoms with Crippen molar-refractivity contribution in [2.75, 3.05) is 0 Å². The number of hydrazine groups is 1. The monoisotopic (exact) mass is 212 g/mol. The van der Waals surface area contributed by atoms with Gasteiger partial charge in [-0.25, -0.2) is 0 Å². The maximum Gasteiger partial charge on any atom is 0.0241 e. The van der Waals surface area contributed by atoms with Crippen LogP contribution in [0.5, 0.6) is 0 Å². The van der Waals surface area contributed by atoms with Crippen LogP contribution in [-0.4, -0.2) is 6.04 Å². The van der Waals surface area contributed by atoms with Crippen molar-refractivity contribution in [3.05, 3.63) is 0 Å². The molecular formula is C13H28N2. The van der Waals surface area contributed by atoms with E-state index < -0.39 is 0 Å². The van der Waals surface area contributed by atoms with Gasteiger partial charge in [0.15, 0.2) is 0 Å². The van der Waals surface area contributed by atoms with Crippen molar-refractivity contribution in [1.29, 1.82) is 0 Å². The lowest BCUT2D eigenvalue weighted by atomic mass is 9.87. The molecule has 3 unspecified atom stereocenters. The standard InChI is InChI=1S/C13H28N2/c1-10(2)6-4-9-13(15-14)12-8-5-7-11(12)3/h10-13,15H,4-9,14H2,1-3H3. The summed E-state index contributed by atoms with van der Waals surface area (Å²) in [5, 5.41) is 0. The summed E-state index contributed by atoms with van der Waals surface area (Å²) in [6, 6.07) is 0.557. The number of rotatable bonds is 6. The fourth-order valence-electron chi connectivity index (χ4n) is 2.94. The summed E-state index contributed by atoms with van der Waals surface area (Å²) >= 11 is 0. The zero-order chi connectivity index (χ0) is 11.3. The predicted octanol–water partition coefficient (Wildman–Crippen LogP) is 3.08. The smallest absolute Gasteiger partial charge is 0.0241 e. The van der Waals surface area contributed by atoms with Crippen LogP contribution in [0.1, 0.15) is 59.3 Å². The molecule has 0 radical (unpaired) electrons. The van der Waals surface area contributed by atoms with Crippen LogP contribution in [0.4, 0.5) is 0 Å². The molecule has 1 rings (SSSR count). The first-order valence-electron chi connectivity index (χ1n) is 6.61. The normalized spacial score (nSPS) is 28.6. The number of nitrogens with two attached hydrogens (primary N) is 1. The van der Waals surface area contributed by atoms with Crippen molar-refractivity contribution in [2.45, 2.75) is 65.3 Å².